The van der Waals surface area contributed by atoms with Crippen LogP contribution in [0.3, 0.4) is 0 Å². The molecule has 0 fully saturated rings. The Morgan fingerprint density at radius 3 is 2.94 bits per heavy atom. The molecule has 17 heavy (non-hydrogen) atoms. The number of pyridine rings is 1. The van der Waals surface area contributed by atoms with Gasteiger partial charge in [-0.3, -0.25) is 4.98 Å². The van der Waals surface area contributed by atoms with Crippen LogP contribution in [0.25, 0.3) is 0 Å². The summed E-state index contributed by atoms with van der Waals surface area (Å²) in [6, 6.07) is 9.97. The number of nitrogens with zero attached hydrogens (tertiary/aromatic N) is 2. The number of halogens is 1. The lowest BCUT2D eigenvalue weighted by Gasteiger charge is -2.06. The van der Waals surface area contributed by atoms with Crippen LogP contribution in [0.1, 0.15) is 11.1 Å². The Balaban J connectivity index is 2.08. The van der Waals surface area contributed by atoms with E-state index in [1.807, 2.05) is 12.1 Å². The minimum atomic E-state index is -0.501. The SMILES string of the molecule is N#Cc1cc(NCc2cccnc2)ccc1F. The van der Waals surface area contributed by atoms with Crippen molar-refractivity contribution in [3.05, 3.63) is 59.7 Å². The van der Waals surface area contributed by atoms with E-state index in [0.717, 1.165) is 5.56 Å². The second kappa shape index (κ2) is 5.08. The first-order chi connectivity index (χ1) is 8.29. The van der Waals surface area contributed by atoms with Crippen LogP contribution in [-0.4, -0.2) is 4.98 Å². The Labute approximate surface area is 98.5 Å². The third-order valence-corrected chi connectivity index (χ3v) is 2.31. The smallest absolute Gasteiger partial charge is 0.141 e. The van der Waals surface area contributed by atoms with Gasteiger partial charge >= 0.3 is 0 Å². The molecule has 0 saturated carbocycles. The highest BCUT2D eigenvalue weighted by molar-refractivity contribution is 5.50. The van der Waals surface area contributed by atoms with Crippen LogP contribution in [0.4, 0.5) is 10.1 Å². The van der Waals surface area contributed by atoms with Crippen LogP contribution in [-0.2, 0) is 6.54 Å². The number of benzene rings is 1. The molecule has 0 amide bonds. The lowest BCUT2D eigenvalue weighted by Crippen LogP contribution is -2.00. The summed E-state index contributed by atoms with van der Waals surface area (Å²) in [4.78, 5) is 3.99. The molecule has 3 nitrogen and oxygen atoms in total. The molecule has 2 rings (SSSR count). The third kappa shape index (κ3) is 2.79. The standard InChI is InChI=1S/C13H10FN3/c14-13-4-3-12(6-11(13)7-15)17-9-10-2-1-5-16-8-10/h1-6,8,17H,9H2. The number of anilines is 1. The predicted octanol–water partition coefficient (Wildman–Crippen LogP) is 2.70. The first-order valence-corrected chi connectivity index (χ1v) is 5.12. The van der Waals surface area contributed by atoms with Crippen molar-refractivity contribution in [2.75, 3.05) is 5.32 Å². The van der Waals surface area contributed by atoms with Gasteiger partial charge in [0.2, 0.25) is 0 Å². The van der Waals surface area contributed by atoms with Crippen molar-refractivity contribution in [3.63, 3.8) is 0 Å². The number of hydrogen-bond acceptors (Lipinski definition) is 3. The van der Waals surface area contributed by atoms with Crippen molar-refractivity contribution < 1.29 is 4.39 Å². The van der Waals surface area contributed by atoms with Gasteiger partial charge in [0, 0.05) is 24.6 Å². The molecule has 4 heteroatoms. The molecule has 1 N–H and O–H groups in total. The summed E-state index contributed by atoms with van der Waals surface area (Å²) in [6.07, 6.45) is 3.46. The Bertz CT molecular complexity index is 546. The van der Waals surface area contributed by atoms with Gasteiger partial charge in [0.15, 0.2) is 0 Å². The van der Waals surface area contributed by atoms with Crippen molar-refractivity contribution in [1.29, 1.82) is 5.26 Å². The molecule has 0 bridgehead atoms. The zero-order valence-electron chi connectivity index (χ0n) is 9.02. The van der Waals surface area contributed by atoms with E-state index >= 15 is 0 Å². The minimum absolute atomic E-state index is 0.0428. The van der Waals surface area contributed by atoms with E-state index in [9.17, 15) is 4.39 Å². The van der Waals surface area contributed by atoms with Gasteiger partial charge in [0.25, 0.3) is 0 Å². The third-order valence-electron chi connectivity index (χ3n) is 2.31. The average Bonchev–Trinajstić information content (AvgIpc) is 2.39. The molecule has 0 atom stereocenters. The molecule has 0 aliphatic heterocycles. The van der Waals surface area contributed by atoms with Gasteiger partial charge < -0.3 is 5.32 Å². The first-order valence-electron chi connectivity index (χ1n) is 5.12. The fourth-order valence-electron chi connectivity index (χ4n) is 1.43. The molecule has 2 aromatic rings. The maximum absolute atomic E-state index is 13.1. The summed E-state index contributed by atoms with van der Waals surface area (Å²) in [5.74, 6) is -0.501. The van der Waals surface area contributed by atoms with E-state index in [1.165, 1.54) is 12.1 Å². The largest absolute Gasteiger partial charge is 0.381 e. The zero-order chi connectivity index (χ0) is 12.1. The maximum atomic E-state index is 13.1. The normalized spacial score (nSPS) is 9.65. The molecule has 0 saturated heterocycles. The van der Waals surface area contributed by atoms with E-state index < -0.39 is 5.82 Å². The molecular formula is C13H10FN3. The molecule has 0 aliphatic rings. The van der Waals surface area contributed by atoms with Crippen molar-refractivity contribution in [2.45, 2.75) is 6.54 Å². The van der Waals surface area contributed by atoms with E-state index in [1.54, 1.807) is 24.5 Å². The molecule has 84 valence electrons. The number of hydrogen-bond donors (Lipinski definition) is 1. The molecule has 0 spiro atoms. The molecule has 1 aromatic carbocycles. The fourth-order valence-corrected chi connectivity index (χ4v) is 1.43. The summed E-state index contributed by atoms with van der Waals surface area (Å²) >= 11 is 0. The molecule has 1 aromatic heterocycles. The lowest BCUT2D eigenvalue weighted by molar-refractivity contribution is 0.624. The highest BCUT2D eigenvalue weighted by atomic mass is 19.1. The fraction of sp³-hybridized carbons (Fsp3) is 0.0769. The Kier molecular flexibility index (Phi) is 3.31. The number of aromatic nitrogens is 1. The lowest BCUT2D eigenvalue weighted by atomic mass is 10.2. The highest BCUT2D eigenvalue weighted by Gasteiger charge is 2.02. The van der Waals surface area contributed by atoms with E-state index in [4.69, 9.17) is 5.26 Å². The van der Waals surface area contributed by atoms with E-state index in [0.29, 0.717) is 12.2 Å². The molecule has 1 heterocycles. The van der Waals surface area contributed by atoms with Crippen LogP contribution in [0.5, 0.6) is 0 Å². The van der Waals surface area contributed by atoms with Crippen LogP contribution in [0, 0.1) is 17.1 Å². The Hall–Kier alpha value is -2.41. The van der Waals surface area contributed by atoms with Crippen LogP contribution in [0.15, 0.2) is 42.7 Å². The first kappa shape index (κ1) is 11.1. The number of nitrogens with one attached hydrogen (secondary N) is 1. The molecular weight excluding hydrogens is 217 g/mol. The topological polar surface area (TPSA) is 48.7 Å². The van der Waals surface area contributed by atoms with Crippen molar-refractivity contribution >= 4 is 5.69 Å². The van der Waals surface area contributed by atoms with Gasteiger partial charge in [0.1, 0.15) is 11.9 Å². The van der Waals surface area contributed by atoms with Gasteiger partial charge in [0.05, 0.1) is 5.56 Å². The van der Waals surface area contributed by atoms with Crippen LogP contribution >= 0.6 is 0 Å². The second-order valence-electron chi connectivity index (χ2n) is 3.52. The quantitative estimate of drug-likeness (QED) is 0.877. The average molecular weight is 227 g/mol. The van der Waals surface area contributed by atoms with Gasteiger partial charge in [-0.05, 0) is 29.8 Å². The van der Waals surface area contributed by atoms with Crippen LogP contribution < -0.4 is 5.32 Å². The minimum Gasteiger partial charge on any atom is -0.381 e. The van der Waals surface area contributed by atoms with Gasteiger partial charge in [-0.15, -0.1) is 0 Å². The van der Waals surface area contributed by atoms with Crippen molar-refractivity contribution in [2.24, 2.45) is 0 Å². The summed E-state index contributed by atoms with van der Waals surface area (Å²) < 4.78 is 13.1. The second-order valence-corrected chi connectivity index (χ2v) is 3.52. The molecule has 0 unspecified atom stereocenters. The predicted molar refractivity (Wildman–Crippen MR) is 62.7 cm³/mol. The number of nitriles is 1. The molecule has 0 radical (unpaired) electrons. The summed E-state index contributed by atoms with van der Waals surface area (Å²) in [7, 11) is 0. The number of rotatable bonds is 3. The summed E-state index contributed by atoms with van der Waals surface area (Å²) in [5, 5.41) is 11.8. The van der Waals surface area contributed by atoms with Gasteiger partial charge in [-0.1, -0.05) is 6.07 Å². The monoisotopic (exact) mass is 227 g/mol. The van der Waals surface area contributed by atoms with Crippen molar-refractivity contribution in [1.82, 2.24) is 4.98 Å². The Morgan fingerprint density at radius 2 is 2.24 bits per heavy atom. The maximum Gasteiger partial charge on any atom is 0.141 e. The van der Waals surface area contributed by atoms with Gasteiger partial charge in [-0.2, -0.15) is 5.26 Å². The van der Waals surface area contributed by atoms with Gasteiger partial charge in [-0.25, -0.2) is 4.39 Å². The zero-order valence-corrected chi connectivity index (χ0v) is 9.02. The van der Waals surface area contributed by atoms with E-state index in [-0.39, 0.29) is 5.56 Å². The van der Waals surface area contributed by atoms with Crippen molar-refractivity contribution in [3.8, 4) is 6.07 Å². The van der Waals surface area contributed by atoms with Crippen LogP contribution in [0.2, 0.25) is 0 Å². The molecule has 0 aliphatic carbocycles. The highest BCUT2D eigenvalue weighted by Crippen LogP contribution is 2.14. The summed E-state index contributed by atoms with van der Waals surface area (Å²) in [5.41, 5.74) is 1.78. The van der Waals surface area contributed by atoms with E-state index in [2.05, 4.69) is 10.3 Å². The Morgan fingerprint density at radius 1 is 1.35 bits per heavy atom. The summed E-state index contributed by atoms with van der Waals surface area (Å²) in [6.45, 7) is 0.588.